The first-order valence-corrected chi connectivity index (χ1v) is 8.40. The number of thiophene rings is 1. The standard InChI is InChI=1S/C16H19N3O3S/c20-13(14-4-3-9-23-14)10-12-11-22-8-7-19(12)16(21)18-15-5-1-2-6-17-15/h1-6,9,12-13,20H,7-8,10-11H2,(H,17,18,21)/t12-,13-/m1/s1. The highest BCUT2D eigenvalue weighted by molar-refractivity contribution is 7.10. The molecule has 0 bridgehead atoms. The van der Waals surface area contributed by atoms with Crippen LogP contribution in [-0.2, 0) is 4.74 Å². The Labute approximate surface area is 138 Å². The lowest BCUT2D eigenvalue weighted by Gasteiger charge is -2.36. The van der Waals surface area contributed by atoms with Crippen molar-refractivity contribution >= 4 is 23.2 Å². The summed E-state index contributed by atoms with van der Waals surface area (Å²) in [6, 6.07) is 8.79. The predicted octanol–water partition coefficient (Wildman–Crippen LogP) is 2.50. The monoisotopic (exact) mass is 333 g/mol. The molecule has 2 aromatic heterocycles. The molecule has 0 aliphatic carbocycles. The first-order chi connectivity index (χ1) is 11.2. The second-order valence-corrected chi connectivity index (χ2v) is 6.31. The minimum absolute atomic E-state index is 0.162. The first kappa shape index (κ1) is 15.9. The maximum atomic E-state index is 12.5. The van der Waals surface area contributed by atoms with Gasteiger partial charge in [-0.25, -0.2) is 9.78 Å². The van der Waals surface area contributed by atoms with Crippen LogP contribution in [0.5, 0.6) is 0 Å². The van der Waals surface area contributed by atoms with Gasteiger partial charge in [0, 0.05) is 24.0 Å². The van der Waals surface area contributed by atoms with E-state index < -0.39 is 6.10 Å². The summed E-state index contributed by atoms with van der Waals surface area (Å²) in [5.74, 6) is 0.515. The SMILES string of the molecule is O=C(Nc1ccccn1)N1CCOC[C@H]1C[C@@H](O)c1cccs1. The second kappa shape index (κ2) is 7.54. The van der Waals surface area contributed by atoms with Crippen molar-refractivity contribution in [3.63, 3.8) is 0 Å². The molecule has 6 nitrogen and oxygen atoms in total. The van der Waals surface area contributed by atoms with Crippen LogP contribution in [0, 0.1) is 0 Å². The lowest BCUT2D eigenvalue weighted by atomic mass is 10.1. The molecule has 3 rings (SSSR count). The van der Waals surface area contributed by atoms with Gasteiger partial charge in [0.25, 0.3) is 0 Å². The van der Waals surface area contributed by atoms with Crippen LogP contribution in [-0.4, -0.2) is 46.8 Å². The van der Waals surface area contributed by atoms with Crippen LogP contribution in [0.15, 0.2) is 41.9 Å². The van der Waals surface area contributed by atoms with Gasteiger partial charge in [0.2, 0.25) is 0 Å². The summed E-state index contributed by atoms with van der Waals surface area (Å²) in [7, 11) is 0. The summed E-state index contributed by atoms with van der Waals surface area (Å²) >= 11 is 1.51. The van der Waals surface area contributed by atoms with Crippen molar-refractivity contribution < 1.29 is 14.6 Å². The summed E-state index contributed by atoms with van der Waals surface area (Å²) in [5.41, 5.74) is 0. The van der Waals surface area contributed by atoms with Gasteiger partial charge in [-0.05, 0) is 23.6 Å². The zero-order valence-electron chi connectivity index (χ0n) is 12.6. The minimum atomic E-state index is -0.591. The fourth-order valence-corrected chi connectivity index (χ4v) is 3.31. The van der Waals surface area contributed by atoms with Crippen LogP contribution < -0.4 is 5.32 Å². The third-order valence-electron chi connectivity index (χ3n) is 3.76. The number of aliphatic hydroxyl groups excluding tert-OH is 1. The van der Waals surface area contributed by atoms with E-state index in [0.29, 0.717) is 32.0 Å². The number of carbonyl (C=O) groups is 1. The molecule has 122 valence electrons. The molecule has 0 spiro atoms. The van der Waals surface area contributed by atoms with Crippen molar-refractivity contribution in [3.05, 3.63) is 46.8 Å². The van der Waals surface area contributed by atoms with Gasteiger partial charge in [-0.1, -0.05) is 12.1 Å². The van der Waals surface area contributed by atoms with E-state index in [1.54, 1.807) is 23.2 Å². The van der Waals surface area contributed by atoms with Gasteiger partial charge in [0.15, 0.2) is 0 Å². The van der Waals surface area contributed by atoms with Crippen LogP contribution in [0.4, 0.5) is 10.6 Å². The maximum absolute atomic E-state index is 12.5. The Kier molecular flexibility index (Phi) is 5.22. The van der Waals surface area contributed by atoms with Crippen LogP contribution in [0.1, 0.15) is 17.4 Å². The fraction of sp³-hybridized carbons (Fsp3) is 0.375. The van der Waals surface area contributed by atoms with Crippen LogP contribution in [0.3, 0.4) is 0 Å². The predicted molar refractivity (Wildman–Crippen MR) is 88.5 cm³/mol. The van der Waals surface area contributed by atoms with E-state index in [0.717, 1.165) is 4.88 Å². The van der Waals surface area contributed by atoms with E-state index in [-0.39, 0.29) is 12.1 Å². The maximum Gasteiger partial charge on any atom is 0.323 e. The van der Waals surface area contributed by atoms with Crippen molar-refractivity contribution in [1.82, 2.24) is 9.88 Å². The van der Waals surface area contributed by atoms with E-state index in [1.807, 2.05) is 23.6 Å². The Morgan fingerprint density at radius 2 is 2.39 bits per heavy atom. The third-order valence-corrected chi connectivity index (χ3v) is 4.73. The molecule has 0 aromatic carbocycles. The van der Waals surface area contributed by atoms with Crippen molar-refractivity contribution in [3.8, 4) is 0 Å². The summed E-state index contributed by atoms with van der Waals surface area (Å²) < 4.78 is 5.49. The molecule has 2 N–H and O–H groups in total. The van der Waals surface area contributed by atoms with Gasteiger partial charge in [0.1, 0.15) is 5.82 Å². The van der Waals surface area contributed by atoms with Crippen molar-refractivity contribution in [1.29, 1.82) is 0 Å². The molecule has 1 saturated heterocycles. The average molecular weight is 333 g/mol. The van der Waals surface area contributed by atoms with Gasteiger partial charge in [-0.15, -0.1) is 11.3 Å². The highest BCUT2D eigenvalue weighted by Crippen LogP contribution is 2.26. The lowest BCUT2D eigenvalue weighted by molar-refractivity contribution is -0.00384. The zero-order chi connectivity index (χ0) is 16.1. The van der Waals surface area contributed by atoms with Crippen molar-refractivity contribution in [2.24, 2.45) is 0 Å². The largest absolute Gasteiger partial charge is 0.387 e. The van der Waals surface area contributed by atoms with Gasteiger partial charge >= 0.3 is 6.03 Å². The number of aliphatic hydroxyl groups is 1. The molecule has 0 radical (unpaired) electrons. The van der Waals surface area contributed by atoms with Gasteiger partial charge in [0.05, 0.1) is 25.4 Å². The minimum Gasteiger partial charge on any atom is -0.387 e. The number of nitrogens with one attached hydrogen (secondary N) is 1. The quantitative estimate of drug-likeness (QED) is 0.901. The summed E-state index contributed by atoms with van der Waals surface area (Å²) in [6.07, 6.45) is 1.50. The smallest absolute Gasteiger partial charge is 0.323 e. The Bertz CT molecular complexity index is 621. The molecule has 0 saturated carbocycles. The molecule has 23 heavy (non-hydrogen) atoms. The lowest BCUT2D eigenvalue weighted by Crippen LogP contribution is -2.50. The number of urea groups is 1. The number of rotatable bonds is 4. The number of nitrogens with zero attached hydrogens (tertiary/aromatic N) is 2. The van der Waals surface area contributed by atoms with E-state index >= 15 is 0 Å². The average Bonchev–Trinajstić information content (AvgIpc) is 3.11. The molecule has 2 atom stereocenters. The highest BCUT2D eigenvalue weighted by atomic mass is 32.1. The van der Waals surface area contributed by atoms with E-state index in [2.05, 4.69) is 10.3 Å². The number of ether oxygens (including phenoxy) is 1. The van der Waals surface area contributed by atoms with Crippen molar-refractivity contribution in [2.75, 3.05) is 25.1 Å². The number of hydrogen-bond acceptors (Lipinski definition) is 5. The second-order valence-electron chi connectivity index (χ2n) is 5.33. The Hall–Kier alpha value is -1.96. The highest BCUT2D eigenvalue weighted by Gasteiger charge is 2.30. The topological polar surface area (TPSA) is 74.7 Å². The van der Waals surface area contributed by atoms with Crippen LogP contribution >= 0.6 is 11.3 Å². The third kappa shape index (κ3) is 4.07. The molecule has 1 aliphatic heterocycles. The molecule has 3 heterocycles. The van der Waals surface area contributed by atoms with E-state index in [4.69, 9.17) is 4.74 Å². The molecule has 1 aliphatic rings. The van der Waals surface area contributed by atoms with Gasteiger partial charge < -0.3 is 14.7 Å². The first-order valence-electron chi connectivity index (χ1n) is 7.52. The molecule has 2 aromatic rings. The zero-order valence-corrected chi connectivity index (χ0v) is 13.4. The van der Waals surface area contributed by atoms with Gasteiger partial charge in [-0.2, -0.15) is 0 Å². The van der Waals surface area contributed by atoms with Crippen LogP contribution in [0.25, 0.3) is 0 Å². The number of aromatic nitrogens is 1. The molecule has 1 fully saturated rings. The molecular formula is C16H19N3O3S. The van der Waals surface area contributed by atoms with E-state index in [1.165, 1.54) is 11.3 Å². The summed E-state index contributed by atoms with van der Waals surface area (Å²) in [5, 5.41) is 15.1. The molecular weight excluding hydrogens is 314 g/mol. The number of anilines is 1. The van der Waals surface area contributed by atoms with E-state index in [9.17, 15) is 9.90 Å². The number of pyridine rings is 1. The molecule has 7 heteroatoms. The molecule has 0 unspecified atom stereocenters. The summed E-state index contributed by atoms with van der Waals surface area (Å²) in [6.45, 7) is 1.43. The van der Waals surface area contributed by atoms with Crippen molar-refractivity contribution in [2.45, 2.75) is 18.6 Å². The number of carbonyl (C=O) groups excluding carboxylic acids is 1. The van der Waals surface area contributed by atoms with Gasteiger partial charge in [-0.3, -0.25) is 5.32 Å². The normalized spacial score (nSPS) is 19.3. The summed E-state index contributed by atoms with van der Waals surface area (Å²) in [4.78, 5) is 19.2. The number of hydrogen-bond donors (Lipinski definition) is 2. The fourth-order valence-electron chi connectivity index (χ4n) is 2.59. The van der Waals surface area contributed by atoms with Crippen LogP contribution in [0.2, 0.25) is 0 Å². The number of morpholine rings is 1. The Morgan fingerprint density at radius 3 is 3.13 bits per heavy atom. The Balaban J connectivity index is 1.65. The molecule has 2 amide bonds. The number of amides is 2. The Morgan fingerprint density at radius 1 is 1.48 bits per heavy atom.